The fourth-order valence-corrected chi connectivity index (χ4v) is 6.43. The maximum Gasteiger partial charge on any atom is 0.419 e. The van der Waals surface area contributed by atoms with Crippen LogP contribution in [-0.4, -0.2) is 39.7 Å². The second-order valence-corrected chi connectivity index (χ2v) is 13.0. The van der Waals surface area contributed by atoms with Crippen LogP contribution < -0.4 is 0 Å². The highest BCUT2D eigenvalue weighted by Gasteiger charge is 2.34. The lowest BCUT2D eigenvalue weighted by molar-refractivity contribution is 0.0544. The fraction of sp³-hybridized carbons (Fsp3) is 0.258. The topological polar surface area (TPSA) is 96.1 Å². The minimum atomic E-state index is -3.90. The Balaban J connectivity index is 1.60. The molecule has 0 aliphatic rings. The van der Waals surface area contributed by atoms with Crippen molar-refractivity contribution in [2.45, 2.75) is 56.4 Å². The molecule has 0 saturated heterocycles. The quantitative estimate of drug-likeness (QED) is 0.239. The lowest BCUT2D eigenvalue weighted by atomic mass is 10.1. The monoisotopic (exact) mass is 556 g/mol. The Kier molecular flexibility index (Phi) is 7.33. The molecule has 3 aromatic carbocycles. The van der Waals surface area contributed by atoms with Crippen LogP contribution in [0.1, 0.15) is 48.4 Å². The largest absolute Gasteiger partial charge is 0.443 e. The van der Waals surface area contributed by atoms with E-state index in [-0.39, 0.29) is 11.3 Å². The van der Waals surface area contributed by atoms with Crippen molar-refractivity contribution in [1.29, 1.82) is 0 Å². The third-order valence-electron chi connectivity index (χ3n) is 6.57. The van der Waals surface area contributed by atoms with Crippen molar-refractivity contribution in [2.24, 2.45) is 0 Å². The number of nitrogens with zero attached hydrogens (tertiary/aromatic N) is 4. The van der Waals surface area contributed by atoms with E-state index < -0.39 is 26.8 Å². The highest BCUT2D eigenvalue weighted by atomic mass is 32.2. The van der Waals surface area contributed by atoms with Crippen LogP contribution in [0.3, 0.4) is 0 Å². The van der Waals surface area contributed by atoms with Gasteiger partial charge in [0.25, 0.3) is 0 Å². The van der Waals surface area contributed by atoms with Gasteiger partial charge in [-0.15, -0.1) is 5.10 Å². The van der Waals surface area contributed by atoms with Crippen molar-refractivity contribution in [3.05, 3.63) is 114 Å². The second-order valence-electron chi connectivity index (χ2n) is 10.9. The molecule has 0 spiro atoms. The van der Waals surface area contributed by atoms with E-state index in [0.717, 1.165) is 11.1 Å². The molecule has 0 fully saturated rings. The minimum Gasteiger partial charge on any atom is -0.443 e. The van der Waals surface area contributed by atoms with Gasteiger partial charge in [-0.3, -0.25) is 4.57 Å². The van der Waals surface area contributed by atoms with E-state index in [1.165, 1.54) is 4.57 Å². The maximum atomic E-state index is 14.2. The molecule has 0 bridgehead atoms. The van der Waals surface area contributed by atoms with E-state index in [4.69, 9.17) is 4.74 Å². The molecule has 9 heteroatoms. The summed E-state index contributed by atoms with van der Waals surface area (Å²) in [5.74, 6) is 0. The zero-order valence-electron chi connectivity index (χ0n) is 23.0. The zero-order valence-corrected chi connectivity index (χ0v) is 23.8. The molecule has 0 aliphatic heterocycles. The van der Waals surface area contributed by atoms with Crippen LogP contribution in [0.25, 0.3) is 10.9 Å². The van der Waals surface area contributed by atoms with Crippen LogP contribution in [0.2, 0.25) is 0 Å². The third kappa shape index (κ3) is 5.84. The molecule has 0 radical (unpaired) electrons. The fourth-order valence-electron chi connectivity index (χ4n) is 4.67. The lowest BCUT2D eigenvalue weighted by Crippen LogP contribution is -2.26. The van der Waals surface area contributed by atoms with Gasteiger partial charge in [0.2, 0.25) is 0 Å². The molecule has 0 aliphatic carbocycles. The molecule has 8 nitrogen and oxygen atoms in total. The standard InChI is InChI=1S/C31H32N4O4S/c1-22-14-16-25(17-15-22)40(37,38)29(18-24-20-34(33-32-24)19-23-10-6-5-7-11-23)27-21-35(30(36)39-31(2,3)4)28-13-9-8-12-26(27)28/h5-17,20-21,29H,18-19H2,1-4H3. The van der Waals surface area contributed by atoms with E-state index in [1.54, 1.807) is 68.2 Å². The van der Waals surface area contributed by atoms with Crippen LogP contribution >= 0.6 is 0 Å². The molecule has 1 unspecified atom stereocenters. The Morgan fingerprint density at radius 1 is 0.925 bits per heavy atom. The molecule has 40 heavy (non-hydrogen) atoms. The number of rotatable bonds is 7. The summed E-state index contributed by atoms with van der Waals surface area (Å²) in [6.07, 6.45) is 2.87. The van der Waals surface area contributed by atoms with Gasteiger partial charge in [0, 0.05) is 24.2 Å². The number of aromatic nitrogens is 4. The first-order valence-corrected chi connectivity index (χ1v) is 14.6. The van der Waals surface area contributed by atoms with E-state index in [2.05, 4.69) is 10.3 Å². The molecule has 5 aromatic rings. The number of ether oxygens (including phenoxy) is 1. The number of sulfone groups is 1. The molecule has 5 rings (SSSR count). The number of carbonyl (C=O) groups excluding carboxylic acids is 1. The van der Waals surface area contributed by atoms with Gasteiger partial charge in [0.1, 0.15) is 5.60 Å². The number of benzene rings is 3. The Morgan fingerprint density at radius 2 is 1.60 bits per heavy atom. The summed E-state index contributed by atoms with van der Waals surface area (Å²) >= 11 is 0. The van der Waals surface area contributed by atoms with Crippen LogP contribution in [0.5, 0.6) is 0 Å². The van der Waals surface area contributed by atoms with E-state index >= 15 is 0 Å². The summed E-state index contributed by atoms with van der Waals surface area (Å²) in [4.78, 5) is 13.4. The molecular formula is C31H32N4O4S. The number of fused-ring (bicyclic) bond motifs is 1. The van der Waals surface area contributed by atoms with Crippen LogP contribution in [0.15, 0.2) is 96.2 Å². The number of carbonyl (C=O) groups is 1. The van der Waals surface area contributed by atoms with Gasteiger partial charge >= 0.3 is 6.09 Å². The molecule has 2 aromatic heterocycles. The van der Waals surface area contributed by atoms with E-state index in [0.29, 0.717) is 28.7 Å². The van der Waals surface area contributed by atoms with E-state index in [9.17, 15) is 13.2 Å². The number of hydrogen-bond acceptors (Lipinski definition) is 6. The first-order valence-electron chi connectivity index (χ1n) is 13.1. The zero-order chi connectivity index (χ0) is 28.5. The average molecular weight is 557 g/mol. The Morgan fingerprint density at radius 3 is 2.30 bits per heavy atom. The van der Waals surface area contributed by atoms with Crippen LogP contribution in [-0.2, 0) is 27.5 Å². The SMILES string of the molecule is Cc1ccc(S(=O)(=O)C(Cc2cn(Cc3ccccc3)nn2)c2cn(C(=O)OC(C)(C)C)c3ccccc23)cc1. The van der Waals surface area contributed by atoms with Gasteiger partial charge in [-0.1, -0.05) is 71.4 Å². The van der Waals surface area contributed by atoms with Crippen molar-refractivity contribution in [1.82, 2.24) is 19.6 Å². The first-order chi connectivity index (χ1) is 19.0. The molecule has 0 saturated carbocycles. The first kappa shape index (κ1) is 27.3. The minimum absolute atomic E-state index is 0.0767. The van der Waals surface area contributed by atoms with Crippen molar-refractivity contribution >= 4 is 26.8 Å². The maximum absolute atomic E-state index is 14.2. The van der Waals surface area contributed by atoms with Gasteiger partial charge in [0.15, 0.2) is 9.84 Å². The summed E-state index contributed by atoms with van der Waals surface area (Å²) in [6, 6.07) is 23.9. The highest BCUT2D eigenvalue weighted by Crippen LogP contribution is 2.37. The molecule has 1 atom stereocenters. The third-order valence-corrected chi connectivity index (χ3v) is 8.67. The predicted octanol–water partition coefficient (Wildman–Crippen LogP) is 6.13. The summed E-state index contributed by atoms with van der Waals surface area (Å²) < 4.78 is 37.2. The molecule has 0 amide bonds. The number of para-hydroxylation sites is 1. The smallest absolute Gasteiger partial charge is 0.419 e. The summed E-state index contributed by atoms with van der Waals surface area (Å²) in [5.41, 5.74) is 2.91. The van der Waals surface area contributed by atoms with Gasteiger partial charge in [-0.05, 0) is 57.0 Å². The van der Waals surface area contributed by atoms with Crippen molar-refractivity contribution in [3.8, 4) is 0 Å². The Labute approximate surface area is 234 Å². The molecule has 2 heterocycles. The normalized spacial score (nSPS) is 12.9. The summed E-state index contributed by atoms with van der Waals surface area (Å²) in [5, 5.41) is 8.21. The van der Waals surface area contributed by atoms with Gasteiger partial charge < -0.3 is 4.74 Å². The number of aryl methyl sites for hydroxylation is 1. The van der Waals surface area contributed by atoms with Crippen molar-refractivity contribution < 1.29 is 17.9 Å². The van der Waals surface area contributed by atoms with Gasteiger partial charge in [-0.25, -0.2) is 17.9 Å². The molecular weight excluding hydrogens is 524 g/mol. The highest BCUT2D eigenvalue weighted by molar-refractivity contribution is 7.91. The van der Waals surface area contributed by atoms with E-state index in [1.807, 2.05) is 55.5 Å². The van der Waals surface area contributed by atoms with Gasteiger partial charge in [0.05, 0.1) is 27.9 Å². The van der Waals surface area contributed by atoms with Crippen molar-refractivity contribution in [2.75, 3.05) is 0 Å². The Bertz CT molecular complexity index is 1750. The van der Waals surface area contributed by atoms with Crippen molar-refractivity contribution in [3.63, 3.8) is 0 Å². The Hall–Kier alpha value is -4.24. The predicted molar refractivity (Wildman–Crippen MR) is 154 cm³/mol. The lowest BCUT2D eigenvalue weighted by Gasteiger charge is -2.20. The van der Waals surface area contributed by atoms with Gasteiger partial charge in [-0.2, -0.15) is 0 Å². The second kappa shape index (κ2) is 10.7. The molecule has 0 N–H and O–H groups in total. The van der Waals surface area contributed by atoms with Crippen LogP contribution in [0, 0.1) is 6.92 Å². The van der Waals surface area contributed by atoms with Crippen LogP contribution in [0.4, 0.5) is 4.79 Å². The summed E-state index contributed by atoms with van der Waals surface area (Å²) in [6.45, 7) is 7.80. The summed E-state index contributed by atoms with van der Waals surface area (Å²) in [7, 11) is -3.90. The number of hydrogen-bond donors (Lipinski definition) is 0. The molecule has 206 valence electrons. The average Bonchev–Trinajstić information content (AvgIpc) is 3.51.